The fraction of sp³-hybridized carbons (Fsp3) is 0.500. The second-order valence-electron chi connectivity index (χ2n) is 5.61. The number of hydrogen-bond donors (Lipinski definition) is 2. The molecule has 0 aromatic carbocycles. The molecular weight excluding hydrogens is 332 g/mol. The first-order valence-electron chi connectivity index (χ1n) is 7.58. The number of methoxy groups -OCH3 is 1. The maximum atomic E-state index is 12.2. The fourth-order valence-electron chi connectivity index (χ4n) is 2.06. The van der Waals surface area contributed by atoms with Crippen LogP contribution in [0.3, 0.4) is 0 Å². The number of hydrogen-bond acceptors (Lipinski definition) is 7. The lowest BCUT2D eigenvalue weighted by molar-refractivity contribution is -0.128. The summed E-state index contributed by atoms with van der Waals surface area (Å²) in [5.74, 6) is -2.23. The predicted molar refractivity (Wildman–Crippen MR) is 86.2 cm³/mol. The lowest BCUT2D eigenvalue weighted by Crippen LogP contribution is -2.39. The number of amides is 2. The highest BCUT2D eigenvalue weighted by molar-refractivity contribution is 6.00. The zero-order chi connectivity index (χ0) is 19.3. The van der Waals surface area contributed by atoms with Crippen LogP contribution in [0.4, 0.5) is 4.79 Å². The van der Waals surface area contributed by atoms with Crippen LogP contribution in [0, 0.1) is 13.8 Å². The van der Waals surface area contributed by atoms with Gasteiger partial charge in [-0.05, 0) is 40.2 Å². The molecule has 0 spiro atoms. The Kier molecular flexibility index (Phi) is 6.72. The molecule has 1 heterocycles. The highest BCUT2D eigenvalue weighted by Crippen LogP contribution is 2.20. The van der Waals surface area contributed by atoms with Crippen molar-refractivity contribution in [2.24, 2.45) is 0 Å². The number of nitrogens with one attached hydrogen (secondary N) is 2. The Balaban J connectivity index is 2.91. The highest BCUT2D eigenvalue weighted by Gasteiger charge is 2.27. The molecule has 0 saturated heterocycles. The molecule has 0 bridgehead atoms. The van der Waals surface area contributed by atoms with Crippen molar-refractivity contribution in [2.75, 3.05) is 7.11 Å². The van der Waals surface area contributed by atoms with Crippen LogP contribution in [0.25, 0.3) is 0 Å². The second kappa shape index (κ2) is 8.32. The molecular formula is C16H22N2O7. The molecule has 138 valence electrons. The maximum absolute atomic E-state index is 12.2. The number of carbonyl (C=O) groups is 4. The third-order valence-electron chi connectivity index (χ3n) is 3.25. The lowest BCUT2D eigenvalue weighted by atomic mass is 10.1. The summed E-state index contributed by atoms with van der Waals surface area (Å²) in [4.78, 5) is 49.8. The molecule has 1 atom stereocenters. The fourth-order valence-corrected chi connectivity index (χ4v) is 2.06. The van der Waals surface area contributed by atoms with Gasteiger partial charge in [0.2, 0.25) is 0 Å². The molecule has 0 aliphatic rings. The van der Waals surface area contributed by atoms with Crippen molar-refractivity contribution >= 4 is 23.9 Å². The van der Waals surface area contributed by atoms with Crippen molar-refractivity contribution in [3.63, 3.8) is 0 Å². The van der Waals surface area contributed by atoms with Crippen LogP contribution in [-0.4, -0.2) is 48.2 Å². The molecule has 2 N–H and O–H groups in total. The van der Waals surface area contributed by atoms with Crippen molar-refractivity contribution in [3.05, 3.63) is 22.5 Å². The van der Waals surface area contributed by atoms with Crippen LogP contribution in [0.2, 0.25) is 0 Å². The van der Waals surface area contributed by atoms with Gasteiger partial charge in [-0.15, -0.1) is 0 Å². The summed E-state index contributed by atoms with van der Waals surface area (Å²) in [6.45, 7) is 7.91. The summed E-state index contributed by atoms with van der Waals surface area (Å²) in [7, 11) is 1.10. The van der Waals surface area contributed by atoms with E-state index in [0.29, 0.717) is 11.3 Å². The molecule has 1 aromatic heterocycles. The molecule has 0 aliphatic heterocycles. The molecule has 25 heavy (non-hydrogen) atoms. The van der Waals surface area contributed by atoms with E-state index in [0.717, 1.165) is 7.11 Å². The van der Waals surface area contributed by atoms with Crippen molar-refractivity contribution < 1.29 is 33.4 Å². The normalized spacial score (nSPS) is 11.6. The first-order valence-corrected chi connectivity index (χ1v) is 7.58. The molecule has 9 heteroatoms. The maximum Gasteiger partial charge on any atom is 0.413 e. The molecule has 0 unspecified atom stereocenters. The van der Waals surface area contributed by atoms with Crippen LogP contribution in [0.1, 0.15) is 52.9 Å². The van der Waals surface area contributed by atoms with E-state index < -0.39 is 30.0 Å². The first-order chi connectivity index (χ1) is 11.6. The van der Waals surface area contributed by atoms with Gasteiger partial charge >= 0.3 is 18.0 Å². The van der Waals surface area contributed by atoms with Gasteiger partial charge in [0.15, 0.2) is 6.10 Å². The van der Waals surface area contributed by atoms with Crippen LogP contribution in [0.15, 0.2) is 0 Å². The SMILES string of the molecule is COC(=O)NC(=O)[C@@H](C)OC(=O)c1[nH]c(C)c(C(=O)OC(C)C)c1C. The van der Waals surface area contributed by atoms with Gasteiger partial charge < -0.3 is 19.2 Å². The van der Waals surface area contributed by atoms with Gasteiger partial charge in [0.05, 0.1) is 18.8 Å². The van der Waals surface area contributed by atoms with Crippen LogP contribution in [0.5, 0.6) is 0 Å². The molecule has 0 saturated carbocycles. The standard InChI is InChI=1S/C16H22N2O7/c1-7(2)24-14(20)11-8(3)12(17-9(11)4)15(21)25-10(5)13(19)18-16(22)23-6/h7,10,17H,1-6H3,(H,18,19,22)/t10-/m1/s1. The summed E-state index contributed by atoms with van der Waals surface area (Å²) in [6.07, 6.45) is -2.50. The van der Waals surface area contributed by atoms with Gasteiger partial charge in [0, 0.05) is 5.69 Å². The number of aryl methyl sites for hydroxylation is 1. The van der Waals surface area contributed by atoms with Gasteiger partial charge in [0.25, 0.3) is 5.91 Å². The lowest BCUT2D eigenvalue weighted by Gasteiger charge is -2.12. The number of rotatable bonds is 5. The Bertz CT molecular complexity index is 691. The van der Waals surface area contributed by atoms with E-state index in [4.69, 9.17) is 9.47 Å². The van der Waals surface area contributed by atoms with Gasteiger partial charge in [-0.2, -0.15) is 0 Å². The summed E-state index contributed by atoms with van der Waals surface area (Å²) >= 11 is 0. The van der Waals surface area contributed by atoms with Gasteiger partial charge in [-0.25, -0.2) is 14.4 Å². The molecule has 0 fully saturated rings. The Morgan fingerprint density at radius 2 is 1.60 bits per heavy atom. The van der Waals surface area contributed by atoms with E-state index in [1.54, 1.807) is 27.7 Å². The van der Waals surface area contributed by atoms with E-state index in [9.17, 15) is 19.2 Å². The summed E-state index contributed by atoms with van der Waals surface area (Å²) in [6, 6.07) is 0. The average molecular weight is 354 g/mol. The Hall–Kier alpha value is -2.84. The van der Waals surface area contributed by atoms with Gasteiger partial charge in [-0.3, -0.25) is 10.1 Å². The molecule has 9 nitrogen and oxygen atoms in total. The minimum atomic E-state index is -1.24. The zero-order valence-corrected chi connectivity index (χ0v) is 15.0. The Morgan fingerprint density at radius 1 is 1.00 bits per heavy atom. The van der Waals surface area contributed by atoms with Crippen molar-refractivity contribution in [3.8, 4) is 0 Å². The molecule has 1 rings (SSSR count). The number of aromatic amines is 1. The minimum Gasteiger partial charge on any atom is -0.459 e. The highest BCUT2D eigenvalue weighted by atomic mass is 16.6. The largest absolute Gasteiger partial charge is 0.459 e. The van der Waals surface area contributed by atoms with Gasteiger partial charge in [-0.1, -0.05) is 0 Å². The van der Waals surface area contributed by atoms with E-state index in [1.165, 1.54) is 6.92 Å². The molecule has 0 radical (unpaired) electrons. The minimum absolute atomic E-state index is 0.0333. The monoisotopic (exact) mass is 354 g/mol. The Morgan fingerprint density at radius 3 is 2.12 bits per heavy atom. The van der Waals surface area contributed by atoms with E-state index in [-0.39, 0.29) is 17.4 Å². The quantitative estimate of drug-likeness (QED) is 0.608. The smallest absolute Gasteiger partial charge is 0.413 e. The van der Waals surface area contributed by atoms with Gasteiger partial charge in [0.1, 0.15) is 5.69 Å². The number of aromatic nitrogens is 1. The number of ether oxygens (including phenoxy) is 3. The average Bonchev–Trinajstić information content (AvgIpc) is 2.81. The van der Waals surface area contributed by atoms with E-state index >= 15 is 0 Å². The number of carbonyl (C=O) groups excluding carboxylic acids is 4. The first kappa shape index (κ1) is 20.2. The molecule has 2 amide bonds. The van der Waals surface area contributed by atoms with Crippen molar-refractivity contribution in [2.45, 2.75) is 46.8 Å². The van der Waals surface area contributed by atoms with Crippen molar-refractivity contribution in [1.82, 2.24) is 10.3 Å². The number of imide groups is 1. The third kappa shape index (κ3) is 5.07. The topological polar surface area (TPSA) is 124 Å². The molecule has 0 aliphatic carbocycles. The van der Waals surface area contributed by atoms with Crippen LogP contribution < -0.4 is 5.32 Å². The summed E-state index contributed by atoms with van der Waals surface area (Å²) in [5, 5.41) is 1.90. The number of esters is 2. The number of H-pyrrole nitrogens is 1. The number of alkyl carbamates (subject to hydrolysis) is 1. The van der Waals surface area contributed by atoms with E-state index in [2.05, 4.69) is 9.72 Å². The third-order valence-corrected chi connectivity index (χ3v) is 3.25. The van der Waals surface area contributed by atoms with Crippen LogP contribution in [-0.2, 0) is 19.0 Å². The van der Waals surface area contributed by atoms with Crippen molar-refractivity contribution in [1.29, 1.82) is 0 Å². The predicted octanol–water partition coefficient (Wildman–Crippen LogP) is 1.62. The summed E-state index contributed by atoms with van der Waals surface area (Å²) in [5.41, 5.74) is 1.08. The van der Waals surface area contributed by atoms with E-state index in [1.807, 2.05) is 5.32 Å². The summed E-state index contributed by atoms with van der Waals surface area (Å²) < 4.78 is 14.4. The molecule has 1 aromatic rings. The zero-order valence-electron chi connectivity index (χ0n) is 15.0. The Labute approximate surface area is 145 Å². The second-order valence-corrected chi connectivity index (χ2v) is 5.61. The van der Waals surface area contributed by atoms with Crippen LogP contribution >= 0.6 is 0 Å².